The van der Waals surface area contributed by atoms with Crippen LogP contribution in [-0.4, -0.2) is 61.3 Å². The number of amides is 3. The molecule has 0 aromatic heterocycles. The number of nitrogens with zero attached hydrogens (tertiary/aromatic N) is 2. The lowest BCUT2D eigenvalue weighted by Gasteiger charge is -2.33. The Hall–Kier alpha value is -1.46. The molecule has 6 nitrogen and oxygen atoms in total. The summed E-state index contributed by atoms with van der Waals surface area (Å²) >= 11 is 0. The number of carbonyl (C=O) groups excluding carboxylic acids is 2. The van der Waals surface area contributed by atoms with Gasteiger partial charge in [-0.2, -0.15) is 0 Å². The van der Waals surface area contributed by atoms with E-state index in [1.165, 1.54) is 7.11 Å². The van der Waals surface area contributed by atoms with Crippen LogP contribution in [0.5, 0.6) is 0 Å². The van der Waals surface area contributed by atoms with E-state index in [0.717, 1.165) is 12.8 Å². The number of ether oxygens (including phenoxy) is 1. The zero-order valence-electron chi connectivity index (χ0n) is 9.44. The van der Waals surface area contributed by atoms with Gasteiger partial charge in [0, 0.05) is 32.2 Å². The first-order valence-electron chi connectivity index (χ1n) is 5.59. The van der Waals surface area contributed by atoms with Gasteiger partial charge in [-0.15, -0.1) is 0 Å². The van der Waals surface area contributed by atoms with Crippen LogP contribution in [-0.2, 0) is 4.74 Å². The number of methoxy groups -OCH3 is 1. The van der Waals surface area contributed by atoms with Crippen molar-refractivity contribution in [2.75, 3.05) is 33.3 Å². The van der Waals surface area contributed by atoms with E-state index in [9.17, 15) is 9.59 Å². The SMILES string of the molecule is COC(=O)N1CCN(C(=O)NC2CC2)CC1. The molecule has 2 aliphatic rings. The van der Waals surface area contributed by atoms with Crippen LogP contribution >= 0.6 is 0 Å². The monoisotopic (exact) mass is 227 g/mol. The smallest absolute Gasteiger partial charge is 0.409 e. The first-order chi connectivity index (χ1) is 7.70. The molecule has 1 saturated carbocycles. The summed E-state index contributed by atoms with van der Waals surface area (Å²) < 4.78 is 4.63. The van der Waals surface area contributed by atoms with Gasteiger partial charge in [0.2, 0.25) is 0 Å². The van der Waals surface area contributed by atoms with Crippen molar-refractivity contribution in [1.29, 1.82) is 0 Å². The Labute approximate surface area is 94.5 Å². The fraction of sp³-hybridized carbons (Fsp3) is 0.800. The number of piperazine rings is 1. The van der Waals surface area contributed by atoms with Crippen LogP contribution in [0.1, 0.15) is 12.8 Å². The van der Waals surface area contributed by atoms with Crippen molar-refractivity contribution in [1.82, 2.24) is 15.1 Å². The number of carbonyl (C=O) groups is 2. The van der Waals surface area contributed by atoms with E-state index >= 15 is 0 Å². The normalized spacial score (nSPS) is 20.6. The summed E-state index contributed by atoms with van der Waals surface area (Å²) in [5.74, 6) is 0. The molecule has 1 aliphatic carbocycles. The third-order valence-corrected chi connectivity index (χ3v) is 2.90. The topological polar surface area (TPSA) is 61.9 Å². The molecule has 90 valence electrons. The summed E-state index contributed by atoms with van der Waals surface area (Å²) in [5.41, 5.74) is 0. The fourth-order valence-electron chi connectivity index (χ4n) is 1.71. The Morgan fingerprint density at radius 1 is 1.12 bits per heavy atom. The Balaban J connectivity index is 1.75. The summed E-state index contributed by atoms with van der Waals surface area (Å²) in [6.45, 7) is 2.25. The van der Waals surface area contributed by atoms with Crippen molar-refractivity contribution >= 4 is 12.1 Å². The third-order valence-electron chi connectivity index (χ3n) is 2.90. The van der Waals surface area contributed by atoms with Gasteiger partial charge in [-0.1, -0.05) is 0 Å². The van der Waals surface area contributed by atoms with E-state index in [0.29, 0.717) is 32.2 Å². The number of urea groups is 1. The molecule has 1 saturated heterocycles. The van der Waals surface area contributed by atoms with Gasteiger partial charge < -0.3 is 19.9 Å². The minimum atomic E-state index is -0.317. The molecule has 2 fully saturated rings. The van der Waals surface area contributed by atoms with Gasteiger partial charge in [-0.25, -0.2) is 9.59 Å². The van der Waals surface area contributed by atoms with Crippen molar-refractivity contribution < 1.29 is 14.3 Å². The molecule has 1 N–H and O–H groups in total. The first kappa shape index (κ1) is 11.0. The van der Waals surface area contributed by atoms with E-state index in [1.54, 1.807) is 9.80 Å². The Morgan fingerprint density at radius 2 is 1.69 bits per heavy atom. The molecule has 2 rings (SSSR count). The average Bonchev–Trinajstić information content (AvgIpc) is 3.12. The van der Waals surface area contributed by atoms with Crippen molar-refractivity contribution in [2.45, 2.75) is 18.9 Å². The predicted molar refractivity (Wildman–Crippen MR) is 57.1 cm³/mol. The summed E-state index contributed by atoms with van der Waals surface area (Å²) in [4.78, 5) is 26.3. The highest BCUT2D eigenvalue weighted by Crippen LogP contribution is 2.19. The van der Waals surface area contributed by atoms with Crippen LogP contribution in [0.15, 0.2) is 0 Å². The number of rotatable bonds is 1. The molecule has 3 amide bonds. The highest BCUT2D eigenvalue weighted by Gasteiger charge is 2.28. The molecular weight excluding hydrogens is 210 g/mol. The first-order valence-corrected chi connectivity index (χ1v) is 5.59. The molecule has 0 atom stereocenters. The lowest BCUT2D eigenvalue weighted by atomic mass is 10.3. The zero-order valence-corrected chi connectivity index (χ0v) is 9.44. The van der Waals surface area contributed by atoms with Gasteiger partial charge in [-0.05, 0) is 12.8 Å². The minimum Gasteiger partial charge on any atom is -0.453 e. The Morgan fingerprint density at radius 3 is 2.19 bits per heavy atom. The van der Waals surface area contributed by atoms with Crippen molar-refractivity contribution in [3.63, 3.8) is 0 Å². The summed E-state index contributed by atoms with van der Waals surface area (Å²) in [6, 6.07) is 0.373. The highest BCUT2D eigenvalue weighted by molar-refractivity contribution is 5.75. The Bertz CT molecular complexity index is 283. The summed E-state index contributed by atoms with van der Waals surface area (Å²) in [6.07, 6.45) is 1.86. The zero-order chi connectivity index (χ0) is 11.5. The predicted octanol–water partition coefficient (Wildman–Crippen LogP) is 0.242. The molecular formula is C10H17N3O3. The molecule has 1 aliphatic heterocycles. The molecule has 0 bridgehead atoms. The van der Waals surface area contributed by atoms with Crippen LogP contribution in [0.25, 0.3) is 0 Å². The second-order valence-electron chi connectivity index (χ2n) is 4.17. The minimum absolute atomic E-state index is 0.00739. The van der Waals surface area contributed by atoms with E-state index in [4.69, 9.17) is 0 Å². The van der Waals surface area contributed by atoms with Gasteiger partial charge in [0.1, 0.15) is 0 Å². The largest absolute Gasteiger partial charge is 0.453 e. The average molecular weight is 227 g/mol. The molecule has 0 radical (unpaired) electrons. The number of hydrogen-bond acceptors (Lipinski definition) is 3. The fourth-order valence-corrected chi connectivity index (χ4v) is 1.71. The second kappa shape index (κ2) is 4.59. The highest BCUT2D eigenvalue weighted by atomic mass is 16.5. The third kappa shape index (κ3) is 2.56. The maximum Gasteiger partial charge on any atom is 0.409 e. The molecule has 16 heavy (non-hydrogen) atoms. The van der Waals surface area contributed by atoms with Crippen molar-refractivity contribution in [3.8, 4) is 0 Å². The Kier molecular flexibility index (Phi) is 3.17. The van der Waals surface area contributed by atoms with Crippen LogP contribution in [0, 0.1) is 0 Å². The van der Waals surface area contributed by atoms with Crippen molar-refractivity contribution in [2.24, 2.45) is 0 Å². The van der Waals surface area contributed by atoms with Crippen LogP contribution in [0.3, 0.4) is 0 Å². The molecule has 0 unspecified atom stereocenters. The lowest BCUT2D eigenvalue weighted by molar-refractivity contribution is 0.0970. The van der Waals surface area contributed by atoms with Gasteiger partial charge in [0.05, 0.1) is 7.11 Å². The standard InChI is InChI=1S/C10H17N3O3/c1-16-10(15)13-6-4-12(5-7-13)9(14)11-8-2-3-8/h8H,2-7H2,1H3,(H,11,14). The van der Waals surface area contributed by atoms with E-state index in [-0.39, 0.29) is 12.1 Å². The second-order valence-corrected chi connectivity index (χ2v) is 4.17. The number of hydrogen-bond donors (Lipinski definition) is 1. The van der Waals surface area contributed by atoms with E-state index in [1.807, 2.05) is 0 Å². The number of nitrogens with one attached hydrogen (secondary N) is 1. The quantitative estimate of drug-likeness (QED) is 0.698. The summed E-state index contributed by atoms with van der Waals surface area (Å²) in [7, 11) is 1.37. The van der Waals surface area contributed by atoms with Gasteiger partial charge in [0.25, 0.3) is 0 Å². The molecule has 1 heterocycles. The molecule has 0 aromatic carbocycles. The maximum atomic E-state index is 11.7. The van der Waals surface area contributed by atoms with E-state index in [2.05, 4.69) is 10.1 Å². The van der Waals surface area contributed by atoms with Crippen molar-refractivity contribution in [3.05, 3.63) is 0 Å². The van der Waals surface area contributed by atoms with Gasteiger partial charge >= 0.3 is 12.1 Å². The van der Waals surface area contributed by atoms with Crippen LogP contribution < -0.4 is 5.32 Å². The molecule has 0 spiro atoms. The van der Waals surface area contributed by atoms with Crippen LogP contribution in [0.2, 0.25) is 0 Å². The summed E-state index contributed by atoms with van der Waals surface area (Å²) in [5, 5.41) is 2.93. The van der Waals surface area contributed by atoms with Gasteiger partial charge in [0.15, 0.2) is 0 Å². The molecule has 6 heteroatoms. The van der Waals surface area contributed by atoms with Crippen LogP contribution in [0.4, 0.5) is 9.59 Å². The molecule has 0 aromatic rings. The maximum absolute atomic E-state index is 11.7. The van der Waals surface area contributed by atoms with E-state index < -0.39 is 0 Å². The van der Waals surface area contributed by atoms with Gasteiger partial charge in [-0.3, -0.25) is 0 Å². The lowest BCUT2D eigenvalue weighted by Crippen LogP contribution is -2.53.